The number of methoxy groups -OCH3 is 1. The van der Waals surface area contributed by atoms with Crippen molar-refractivity contribution in [3.63, 3.8) is 0 Å². The van der Waals surface area contributed by atoms with Crippen molar-refractivity contribution in [2.45, 2.75) is 38.8 Å². The van der Waals surface area contributed by atoms with Crippen LogP contribution in [0.25, 0.3) is 6.08 Å². The highest BCUT2D eigenvalue weighted by atomic mass is 16.5. The van der Waals surface area contributed by atoms with Crippen LogP contribution >= 0.6 is 0 Å². The van der Waals surface area contributed by atoms with E-state index in [9.17, 15) is 9.59 Å². The number of nitrogens with one attached hydrogen (secondary N) is 2. The number of benzene rings is 2. The highest BCUT2D eigenvalue weighted by molar-refractivity contribution is 6.05. The molecule has 176 valence electrons. The van der Waals surface area contributed by atoms with E-state index < -0.39 is 11.5 Å². The molecule has 0 fully saturated rings. The number of hydrogen-bond donors (Lipinski definition) is 2. The molecule has 1 atom stereocenters. The van der Waals surface area contributed by atoms with E-state index in [1.807, 2.05) is 51.1 Å². The first kappa shape index (κ1) is 23.2. The van der Waals surface area contributed by atoms with Crippen LogP contribution in [-0.2, 0) is 4.79 Å². The Morgan fingerprint density at radius 1 is 1.12 bits per heavy atom. The smallest absolute Gasteiger partial charge is 0.268 e. The van der Waals surface area contributed by atoms with Crippen LogP contribution < -0.4 is 20.1 Å². The van der Waals surface area contributed by atoms with Gasteiger partial charge in [0.1, 0.15) is 28.6 Å². The van der Waals surface area contributed by atoms with Gasteiger partial charge in [0.05, 0.1) is 19.4 Å². The van der Waals surface area contributed by atoms with Gasteiger partial charge in [0, 0.05) is 29.7 Å². The first-order chi connectivity index (χ1) is 16.2. The molecule has 2 heterocycles. The topological polar surface area (TPSA) is 89.8 Å². The average molecular weight is 461 g/mol. The fraction of sp³-hybridized carbons (Fsp3) is 0.259. The van der Waals surface area contributed by atoms with Crippen molar-refractivity contribution in [1.82, 2.24) is 10.6 Å². The van der Waals surface area contributed by atoms with Crippen LogP contribution in [0.1, 0.15) is 53.6 Å². The van der Waals surface area contributed by atoms with Gasteiger partial charge in [-0.2, -0.15) is 0 Å². The third-order valence-electron chi connectivity index (χ3n) is 5.62. The summed E-state index contributed by atoms with van der Waals surface area (Å²) in [4.78, 5) is 26.3. The van der Waals surface area contributed by atoms with E-state index in [0.717, 1.165) is 11.1 Å². The Hall–Kier alpha value is -4.00. The van der Waals surface area contributed by atoms with Gasteiger partial charge in [-0.1, -0.05) is 17.7 Å². The normalized spacial score (nSPS) is 16.7. The minimum absolute atomic E-state index is 0.0832. The lowest BCUT2D eigenvalue weighted by molar-refractivity contribution is -0.119. The molecule has 4 rings (SSSR count). The molecule has 0 aliphatic carbocycles. The van der Waals surface area contributed by atoms with Gasteiger partial charge in [0.2, 0.25) is 0 Å². The summed E-state index contributed by atoms with van der Waals surface area (Å²) in [5.41, 5.74) is 1.91. The molecule has 0 radical (unpaired) electrons. The van der Waals surface area contributed by atoms with E-state index in [0.29, 0.717) is 29.2 Å². The van der Waals surface area contributed by atoms with Crippen molar-refractivity contribution in [2.24, 2.45) is 0 Å². The zero-order chi connectivity index (χ0) is 24.3. The first-order valence-electron chi connectivity index (χ1n) is 11.0. The van der Waals surface area contributed by atoms with E-state index >= 15 is 0 Å². The number of rotatable bonds is 6. The van der Waals surface area contributed by atoms with Gasteiger partial charge in [-0.25, -0.2) is 0 Å². The summed E-state index contributed by atoms with van der Waals surface area (Å²) in [6.45, 7) is 5.88. The molecule has 34 heavy (non-hydrogen) atoms. The van der Waals surface area contributed by atoms with Crippen LogP contribution in [0.2, 0.25) is 0 Å². The predicted octanol–water partition coefficient (Wildman–Crippen LogP) is 4.79. The van der Waals surface area contributed by atoms with Crippen molar-refractivity contribution in [2.75, 3.05) is 7.11 Å². The van der Waals surface area contributed by atoms with E-state index in [4.69, 9.17) is 13.9 Å². The van der Waals surface area contributed by atoms with Crippen molar-refractivity contribution in [3.8, 4) is 11.5 Å². The van der Waals surface area contributed by atoms with E-state index in [2.05, 4.69) is 10.6 Å². The molecule has 2 amide bonds. The Labute approximate surface area is 198 Å². The number of ether oxygens (including phenoxy) is 2. The van der Waals surface area contributed by atoms with Crippen molar-refractivity contribution >= 4 is 17.9 Å². The summed E-state index contributed by atoms with van der Waals surface area (Å²) in [6.07, 6.45) is 3.58. The Balaban J connectivity index is 1.61. The molecule has 2 N–H and O–H groups in total. The zero-order valence-corrected chi connectivity index (χ0v) is 19.7. The molecule has 0 unspecified atom stereocenters. The molecular weight excluding hydrogens is 432 g/mol. The maximum atomic E-state index is 13.4. The number of furan rings is 1. The molecule has 1 aliphatic rings. The zero-order valence-electron chi connectivity index (χ0n) is 19.7. The Kier molecular flexibility index (Phi) is 6.45. The minimum atomic E-state index is -0.507. The fourth-order valence-electron chi connectivity index (χ4n) is 3.90. The third-order valence-corrected chi connectivity index (χ3v) is 5.62. The predicted molar refractivity (Wildman–Crippen MR) is 129 cm³/mol. The minimum Gasteiger partial charge on any atom is -0.497 e. The maximum absolute atomic E-state index is 13.4. The van der Waals surface area contributed by atoms with Crippen molar-refractivity contribution in [1.29, 1.82) is 0 Å². The van der Waals surface area contributed by atoms with E-state index in [1.165, 1.54) is 12.3 Å². The Bertz CT molecular complexity index is 1210. The van der Waals surface area contributed by atoms with Crippen molar-refractivity contribution < 1.29 is 23.5 Å². The number of amides is 2. The molecule has 0 saturated heterocycles. The van der Waals surface area contributed by atoms with E-state index in [1.54, 1.807) is 31.4 Å². The lowest BCUT2D eigenvalue weighted by Crippen LogP contribution is -2.43. The number of carbonyl (C=O) groups is 2. The average Bonchev–Trinajstić information content (AvgIpc) is 3.31. The first-order valence-corrected chi connectivity index (χ1v) is 11.0. The van der Waals surface area contributed by atoms with E-state index in [-0.39, 0.29) is 17.6 Å². The van der Waals surface area contributed by atoms with Gasteiger partial charge in [-0.3, -0.25) is 9.59 Å². The lowest BCUT2D eigenvalue weighted by Gasteiger charge is -2.38. The molecule has 1 aromatic heterocycles. The number of carbonyl (C=O) groups excluding carboxylic acids is 2. The second-order valence-corrected chi connectivity index (χ2v) is 8.89. The van der Waals surface area contributed by atoms with Crippen LogP contribution in [0.3, 0.4) is 0 Å². The van der Waals surface area contributed by atoms with Gasteiger partial charge in [0.25, 0.3) is 11.8 Å². The van der Waals surface area contributed by atoms with Crippen LogP contribution in [0.4, 0.5) is 0 Å². The summed E-state index contributed by atoms with van der Waals surface area (Å²) in [5.74, 6) is 0.963. The fourth-order valence-corrected chi connectivity index (χ4v) is 3.90. The van der Waals surface area contributed by atoms with Gasteiger partial charge in [-0.15, -0.1) is 0 Å². The standard InChI is InChI=1S/C27H28N2O5/c1-17-7-9-18(10-8-17)25(30)28-22(14-20-6-5-13-33-20)26(31)29-23-16-27(2,3)34-24-15-19(32-4)11-12-21(23)24/h5-15,23H,16H2,1-4H3,(H,28,30)(H,29,31)/b22-14-/t23-/m1/s1. The van der Waals surface area contributed by atoms with Crippen LogP contribution in [0, 0.1) is 6.92 Å². The molecule has 7 nitrogen and oxygen atoms in total. The molecular formula is C27H28N2O5. The quantitative estimate of drug-likeness (QED) is 0.517. The number of aryl methyl sites for hydroxylation is 1. The van der Waals surface area contributed by atoms with Gasteiger partial charge in [0.15, 0.2) is 0 Å². The van der Waals surface area contributed by atoms with Gasteiger partial charge in [-0.05, 0) is 57.2 Å². The molecule has 1 aliphatic heterocycles. The van der Waals surface area contributed by atoms with Gasteiger partial charge < -0.3 is 24.5 Å². The summed E-state index contributed by atoms with van der Waals surface area (Å²) < 4.78 is 16.8. The van der Waals surface area contributed by atoms with Crippen LogP contribution in [0.5, 0.6) is 11.5 Å². The number of hydrogen-bond acceptors (Lipinski definition) is 5. The molecule has 3 aromatic rings. The SMILES string of the molecule is COc1ccc2c(c1)OC(C)(C)C[C@H]2NC(=O)/C(=C/c1ccco1)NC(=O)c1ccc(C)cc1. The second kappa shape index (κ2) is 9.47. The molecule has 0 bridgehead atoms. The summed E-state index contributed by atoms with van der Waals surface area (Å²) in [7, 11) is 1.59. The molecule has 0 saturated carbocycles. The molecule has 7 heteroatoms. The van der Waals surface area contributed by atoms with Gasteiger partial charge >= 0.3 is 0 Å². The van der Waals surface area contributed by atoms with Crippen LogP contribution in [0.15, 0.2) is 71.0 Å². The highest BCUT2D eigenvalue weighted by Crippen LogP contribution is 2.41. The second-order valence-electron chi connectivity index (χ2n) is 8.89. The van der Waals surface area contributed by atoms with Crippen LogP contribution in [-0.4, -0.2) is 24.5 Å². The Morgan fingerprint density at radius 3 is 2.56 bits per heavy atom. The molecule has 0 spiro atoms. The molecule has 2 aromatic carbocycles. The largest absolute Gasteiger partial charge is 0.497 e. The summed E-state index contributed by atoms with van der Waals surface area (Å²) in [5, 5.41) is 5.80. The monoisotopic (exact) mass is 460 g/mol. The Morgan fingerprint density at radius 2 is 1.88 bits per heavy atom. The summed E-state index contributed by atoms with van der Waals surface area (Å²) in [6, 6.07) is 15.8. The lowest BCUT2D eigenvalue weighted by atomic mass is 9.89. The highest BCUT2D eigenvalue weighted by Gasteiger charge is 2.35. The third kappa shape index (κ3) is 5.31. The van der Waals surface area contributed by atoms with Crippen molar-refractivity contribution in [3.05, 3.63) is 89.0 Å². The maximum Gasteiger partial charge on any atom is 0.268 e. The number of fused-ring (bicyclic) bond motifs is 1. The summed E-state index contributed by atoms with van der Waals surface area (Å²) >= 11 is 0.